The number of aromatic nitrogens is 4. The highest BCUT2D eigenvalue weighted by atomic mass is 35.5. The van der Waals surface area contributed by atoms with Crippen molar-refractivity contribution < 1.29 is 9.47 Å². The van der Waals surface area contributed by atoms with E-state index in [9.17, 15) is 0 Å². The number of ether oxygens (including phenoxy) is 2. The van der Waals surface area contributed by atoms with Crippen LogP contribution in [0.3, 0.4) is 0 Å². The summed E-state index contributed by atoms with van der Waals surface area (Å²) in [6, 6.07) is 3.64. The Balaban J connectivity index is 2.14. The van der Waals surface area contributed by atoms with Gasteiger partial charge in [-0.3, -0.25) is 0 Å². The number of nitrogens with one attached hydrogen (secondary N) is 2. The van der Waals surface area contributed by atoms with Gasteiger partial charge >= 0.3 is 0 Å². The minimum Gasteiger partial charge on any atom is -0.490 e. The van der Waals surface area contributed by atoms with Crippen molar-refractivity contribution in [3.63, 3.8) is 0 Å². The molecule has 0 aliphatic rings. The third-order valence-corrected chi connectivity index (χ3v) is 3.01. The molecule has 0 spiro atoms. The first-order valence-electron chi connectivity index (χ1n) is 6.80. The first-order valence-corrected chi connectivity index (χ1v) is 7.17. The standard InChI is InChI=1S/C13H18ClN5O2/c1-3-5-21-12-7-10(14)9(6-11(12)20-4-2)8-15-13-16-18-19-17-13/h6-7H,3-5,8H2,1-2H3,(H2,15,16,17,18,19). The molecule has 21 heavy (non-hydrogen) atoms. The van der Waals surface area contributed by atoms with Crippen LogP contribution in [-0.4, -0.2) is 33.8 Å². The van der Waals surface area contributed by atoms with Crippen LogP contribution in [0.1, 0.15) is 25.8 Å². The van der Waals surface area contributed by atoms with Crippen LogP contribution in [0, 0.1) is 0 Å². The molecule has 0 unspecified atom stereocenters. The summed E-state index contributed by atoms with van der Waals surface area (Å²) in [7, 11) is 0. The summed E-state index contributed by atoms with van der Waals surface area (Å²) < 4.78 is 11.3. The smallest absolute Gasteiger partial charge is 0.263 e. The van der Waals surface area contributed by atoms with Gasteiger partial charge in [0.05, 0.1) is 13.2 Å². The zero-order valence-corrected chi connectivity index (χ0v) is 12.8. The highest BCUT2D eigenvalue weighted by molar-refractivity contribution is 6.31. The zero-order chi connectivity index (χ0) is 15.1. The molecule has 0 radical (unpaired) electrons. The predicted octanol–water partition coefficient (Wildman–Crippen LogP) is 2.65. The summed E-state index contributed by atoms with van der Waals surface area (Å²) >= 11 is 6.28. The Labute approximate surface area is 128 Å². The van der Waals surface area contributed by atoms with Crippen LogP contribution in [0.25, 0.3) is 0 Å². The van der Waals surface area contributed by atoms with E-state index in [1.807, 2.05) is 19.9 Å². The first kappa shape index (κ1) is 15.4. The lowest BCUT2D eigenvalue weighted by Crippen LogP contribution is -2.05. The number of hydrogen-bond acceptors (Lipinski definition) is 6. The Hall–Kier alpha value is -2.02. The second kappa shape index (κ2) is 7.68. The van der Waals surface area contributed by atoms with Crippen molar-refractivity contribution in [3.05, 3.63) is 22.7 Å². The Morgan fingerprint density at radius 1 is 1.24 bits per heavy atom. The number of aromatic amines is 1. The third-order valence-electron chi connectivity index (χ3n) is 2.66. The van der Waals surface area contributed by atoms with E-state index in [-0.39, 0.29) is 0 Å². The van der Waals surface area contributed by atoms with E-state index in [1.165, 1.54) is 0 Å². The molecule has 114 valence electrons. The van der Waals surface area contributed by atoms with Crippen molar-refractivity contribution in [2.75, 3.05) is 18.5 Å². The summed E-state index contributed by atoms with van der Waals surface area (Å²) in [5.74, 6) is 1.75. The summed E-state index contributed by atoms with van der Waals surface area (Å²) in [4.78, 5) is 0. The SMILES string of the molecule is CCCOc1cc(Cl)c(CNc2nn[nH]n2)cc1OCC. The molecule has 0 fully saturated rings. The summed E-state index contributed by atoms with van der Waals surface area (Å²) in [5.41, 5.74) is 0.869. The summed E-state index contributed by atoms with van der Waals surface area (Å²) in [6.45, 7) is 5.62. The van der Waals surface area contributed by atoms with Gasteiger partial charge in [0, 0.05) is 17.6 Å². The van der Waals surface area contributed by atoms with E-state index >= 15 is 0 Å². The lowest BCUT2D eigenvalue weighted by molar-refractivity contribution is 0.276. The fraction of sp³-hybridized carbons (Fsp3) is 0.462. The Morgan fingerprint density at radius 2 is 2.05 bits per heavy atom. The Kier molecular flexibility index (Phi) is 5.62. The summed E-state index contributed by atoms with van der Waals surface area (Å²) in [5, 5.41) is 17.1. The monoisotopic (exact) mass is 311 g/mol. The fourth-order valence-corrected chi connectivity index (χ4v) is 1.94. The average molecular weight is 312 g/mol. The van der Waals surface area contributed by atoms with Crippen LogP contribution < -0.4 is 14.8 Å². The van der Waals surface area contributed by atoms with Gasteiger partial charge in [-0.2, -0.15) is 5.21 Å². The van der Waals surface area contributed by atoms with Gasteiger partial charge in [0.1, 0.15) is 0 Å². The molecule has 0 amide bonds. The van der Waals surface area contributed by atoms with Crippen molar-refractivity contribution in [1.82, 2.24) is 20.6 Å². The Bertz CT molecular complexity index is 562. The van der Waals surface area contributed by atoms with Crippen molar-refractivity contribution in [2.24, 2.45) is 0 Å². The van der Waals surface area contributed by atoms with Gasteiger partial charge in [-0.1, -0.05) is 23.6 Å². The number of rotatable bonds is 8. The molecule has 7 nitrogen and oxygen atoms in total. The quantitative estimate of drug-likeness (QED) is 0.779. The molecule has 0 atom stereocenters. The van der Waals surface area contributed by atoms with Crippen LogP contribution in [0.15, 0.2) is 12.1 Å². The van der Waals surface area contributed by atoms with Gasteiger partial charge in [-0.05, 0) is 30.2 Å². The van der Waals surface area contributed by atoms with Crippen LogP contribution in [-0.2, 0) is 6.54 Å². The molecule has 2 rings (SSSR count). The predicted molar refractivity (Wildman–Crippen MR) is 79.9 cm³/mol. The molecule has 8 heteroatoms. The largest absolute Gasteiger partial charge is 0.490 e. The number of benzene rings is 1. The van der Waals surface area contributed by atoms with Crippen molar-refractivity contribution in [3.8, 4) is 11.5 Å². The van der Waals surface area contributed by atoms with Crippen molar-refractivity contribution >= 4 is 17.5 Å². The molecule has 1 aromatic carbocycles. The molecule has 2 aromatic rings. The molecule has 0 saturated heterocycles. The number of H-pyrrole nitrogens is 1. The number of halogens is 1. The third kappa shape index (κ3) is 4.22. The maximum atomic E-state index is 6.28. The first-order chi connectivity index (χ1) is 10.2. The van der Waals surface area contributed by atoms with Crippen LogP contribution in [0.2, 0.25) is 5.02 Å². The normalized spacial score (nSPS) is 10.4. The molecule has 2 N–H and O–H groups in total. The molecule has 0 aliphatic heterocycles. The van der Waals surface area contributed by atoms with Gasteiger partial charge in [0.15, 0.2) is 11.5 Å². The van der Waals surface area contributed by atoms with Crippen molar-refractivity contribution in [2.45, 2.75) is 26.8 Å². The number of hydrogen-bond donors (Lipinski definition) is 2. The Morgan fingerprint density at radius 3 is 2.71 bits per heavy atom. The molecule has 0 bridgehead atoms. The van der Waals surface area contributed by atoms with E-state index in [1.54, 1.807) is 6.07 Å². The number of tetrazole rings is 1. The molecular formula is C13H18ClN5O2. The maximum absolute atomic E-state index is 6.28. The second-order valence-electron chi connectivity index (χ2n) is 4.26. The fourth-order valence-electron chi connectivity index (χ4n) is 1.72. The minimum atomic E-state index is 0.412. The van der Waals surface area contributed by atoms with Crippen LogP contribution in [0.5, 0.6) is 11.5 Å². The van der Waals surface area contributed by atoms with E-state index < -0.39 is 0 Å². The average Bonchev–Trinajstić information content (AvgIpc) is 2.99. The summed E-state index contributed by atoms with van der Waals surface area (Å²) in [6.07, 6.45) is 0.921. The minimum absolute atomic E-state index is 0.412. The van der Waals surface area contributed by atoms with E-state index in [0.717, 1.165) is 12.0 Å². The van der Waals surface area contributed by atoms with E-state index in [0.29, 0.717) is 42.2 Å². The van der Waals surface area contributed by atoms with Gasteiger partial charge < -0.3 is 14.8 Å². The lowest BCUT2D eigenvalue weighted by atomic mass is 10.2. The highest BCUT2D eigenvalue weighted by Gasteiger charge is 2.11. The molecule has 0 saturated carbocycles. The van der Waals surface area contributed by atoms with E-state index in [2.05, 4.69) is 25.9 Å². The molecular weight excluding hydrogens is 294 g/mol. The van der Waals surface area contributed by atoms with Crippen LogP contribution in [0.4, 0.5) is 5.95 Å². The molecule has 0 aliphatic carbocycles. The zero-order valence-electron chi connectivity index (χ0n) is 12.0. The maximum Gasteiger partial charge on any atom is 0.263 e. The lowest BCUT2D eigenvalue weighted by Gasteiger charge is -2.14. The number of anilines is 1. The van der Waals surface area contributed by atoms with Gasteiger partial charge in [-0.25, -0.2) is 0 Å². The van der Waals surface area contributed by atoms with E-state index in [4.69, 9.17) is 21.1 Å². The topological polar surface area (TPSA) is 85.0 Å². The van der Waals surface area contributed by atoms with Gasteiger partial charge in [0.25, 0.3) is 5.95 Å². The second-order valence-corrected chi connectivity index (χ2v) is 4.67. The number of nitrogens with zero attached hydrogens (tertiary/aromatic N) is 3. The molecule has 1 heterocycles. The van der Waals surface area contributed by atoms with Gasteiger partial charge in [0.2, 0.25) is 0 Å². The van der Waals surface area contributed by atoms with Gasteiger partial charge in [-0.15, -0.1) is 5.10 Å². The highest BCUT2D eigenvalue weighted by Crippen LogP contribution is 2.34. The van der Waals surface area contributed by atoms with Crippen molar-refractivity contribution in [1.29, 1.82) is 0 Å². The van der Waals surface area contributed by atoms with Crippen LogP contribution >= 0.6 is 11.6 Å². The molecule has 1 aromatic heterocycles.